The number of carbonyl (C=O) groups is 3. The minimum atomic E-state index is -0.623. The topological polar surface area (TPSA) is 85.8 Å². The molecule has 1 aromatic heterocycles. The number of anilines is 1. The van der Waals surface area contributed by atoms with E-state index in [1.54, 1.807) is 6.20 Å². The van der Waals surface area contributed by atoms with Gasteiger partial charge in [-0.3, -0.25) is 14.5 Å². The van der Waals surface area contributed by atoms with Gasteiger partial charge < -0.3 is 15.1 Å². The van der Waals surface area contributed by atoms with Gasteiger partial charge in [-0.05, 0) is 30.5 Å². The summed E-state index contributed by atoms with van der Waals surface area (Å²) in [4.78, 5) is 47.1. The number of hydrogen-bond acceptors (Lipinski definition) is 5. The lowest BCUT2D eigenvalue weighted by molar-refractivity contribution is -0.132. The number of rotatable bonds is 7. The number of nitrogens with one attached hydrogen (secondary N) is 1. The molecule has 0 saturated carbocycles. The van der Waals surface area contributed by atoms with Crippen molar-refractivity contribution in [1.29, 1.82) is 0 Å². The van der Waals surface area contributed by atoms with Crippen molar-refractivity contribution in [3.05, 3.63) is 60.3 Å². The van der Waals surface area contributed by atoms with Crippen LogP contribution in [0.25, 0.3) is 0 Å². The van der Waals surface area contributed by atoms with Crippen LogP contribution in [-0.2, 0) is 16.0 Å². The van der Waals surface area contributed by atoms with Crippen molar-refractivity contribution < 1.29 is 14.4 Å². The monoisotopic (exact) mass is 421 g/mol. The summed E-state index contributed by atoms with van der Waals surface area (Å²) in [6, 6.07) is 14.6. The first kappa shape index (κ1) is 20.8. The molecule has 2 aliphatic rings. The van der Waals surface area contributed by atoms with Crippen LogP contribution in [0.3, 0.4) is 0 Å². The maximum absolute atomic E-state index is 12.6. The molecule has 4 amide bonds. The lowest BCUT2D eigenvalue weighted by atomic mass is 10.1. The van der Waals surface area contributed by atoms with E-state index in [0.29, 0.717) is 32.5 Å². The fourth-order valence-corrected chi connectivity index (χ4v) is 4.02. The molecule has 2 aromatic rings. The smallest absolute Gasteiger partial charge is 0.324 e. The molecular formula is C23H27N5O3. The predicted molar refractivity (Wildman–Crippen MR) is 116 cm³/mol. The highest BCUT2D eigenvalue weighted by atomic mass is 16.2. The summed E-state index contributed by atoms with van der Waals surface area (Å²) in [5.74, 6) is 0.698. The summed E-state index contributed by atoms with van der Waals surface area (Å²) in [6.07, 6.45) is 2.95. The van der Waals surface area contributed by atoms with Crippen LogP contribution >= 0.6 is 0 Å². The summed E-state index contributed by atoms with van der Waals surface area (Å²) >= 11 is 0. The molecule has 0 radical (unpaired) electrons. The normalized spacial score (nSPS) is 19.0. The fourth-order valence-electron chi connectivity index (χ4n) is 4.02. The average molecular weight is 422 g/mol. The second kappa shape index (κ2) is 9.59. The third-order valence-electron chi connectivity index (χ3n) is 5.83. The summed E-state index contributed by atoms with van der Waals surface area (Å²) in [5, 5.41) is 2.73. The Kier molecular flexibility index (Phi) is 6.45. The van der Waals surface area contributed by atoms with Gasteiger partial charge in [0.15, 0.2) is 0 Å². The number of piperazine rings is 1. The maximum atomic E-state index is 12.6. The molecule has 2 fully saturated rings. The van der Waals surface area contributed by atoms with E-state index < -0.39 is 6.04 Å². The van der Waals surface area contributed by atoms with E-state index in [0.717, 1.165) is 24.5 Å². The molecule has 8 heteroatoms. The number of benzene rings is 1. The predicted octanol–water partition coefficient (Wildman–Crippen LogP) is 1.67. The average Bonchev–Trinajstić information content (AvgIpc) is 3.09. The number of carbonyl (C=O) groups excluding carboxylic acids is 3. The highest BCUT2D eigenvalue weighted by molar-refractivity contribution is 6.04. The van der Waals surface area contributed by atoms with Gasteiger partial charge in [-0.1, -0.05) is 36.4 Å². The molecule has 162 valence electrons. The van der Waals surface area contributed by atoms with E-state index in [1.165, 1.54) is 4.90 Å². The van der Waals surface area contributed by atoms with Crippen LogP contribution in [0.2, 0.25) is 0 Å². The van der Waals surface area contributed by atoms with E-state index in [1.807, 2.05) is 53.4 Å². The van der Waals surface area contributed by atoms with Crippen molar-refractivity contribution >= 4 is 23.7 Å². The Morgan fingerprint density at radius 1 is 1.00 bits per heavy atom. The molecule has 31 heavy (non-hydrogen) atoms. The molecule has 1 N–H and O–H groups in total. The number of amides is 4. The quantitative estimate of drug-likeness (QED) is 0.688. The van der Waals surface area contributed by atoms with Crippen LogP contribution < -0.4 is 10.2 Å². The lowest BCUT2D eigenvalue weighted by Crippen LogP contribution is -2.49. The SMILES string of the molecule is O=C(CC[C@H]1NC(=O)N(CCc2ccccc2)C1=O)N1CCN(c2ccccn2)CC1. The van der Waals surface area contributed by atoms with Crippen molar-refractivity contribution in [2.75, 3.05) is 37.6 Å². The highest BCUT2D eigenvalue weighted by Gasteiger charge is 2.37. The summed E-state index contributed by atoms with van der Waals surface area (Å²) < 4.78 is 0. The van der Waals surface area contributed by atoms with Gasteiger partial charge in [0, 0.05) is 45.3 Å². The molecule has 0 bridgehead atoms. The van der Waals surface area contributed by atoms with Gasteiger partial charge in [0.25, 0.3) is 5.91 Å². The van der Waals surface area contributed by atoms with Crippen molar-refractivity contribution in [2.45, 2.75) is 25.3 Å². The molecule has 0 unspecified atom stereocenters. The zero-order chi connectivity index (χ0) is 21.6. The highest BCUT2D eigenvalue weighted by Crippen LogP contribution is 2.16. The summed E-state index contributed by atoms with van der Waals surface area (Å²) in [7, 11) is 0. The molecule has 3 heterocycles. The molecule has 2 saturated heterocycles. The van der Waals surface area contributed by atoms with Crippen LogP contribution in [-0.4, -0.2) is 71.4 Å². The van der Waals surface area contributed by atoms with E-state index in [-0.39, 0.29) is 24.3 Å². The molecule has 1 atom stereocenters. The summed E-state index contributed by atoms with van der Waals surface area (Å²) in [5.41, 5.74) is 1.08. The van der Waals surface area contributed by atoms with Crippen molar-refractivity contribution in [1.82, 2.24) is 20.1 Å². The first-order chi connectivity index (χ1) is 15.1. The maximum Gasteiger partial charge on any atom is 0.324 e. The molecule has 0 spiro atoms. The van der Waals surface area contributed by atoms with Crippen molar-refractivity contribution in [2.24, 2.45) is 0 Å². The Morgan fingerprint density at radius 2 is 1.74 bits per heavy atom. The second-order valence-corrected chi connectivity index (χ2v) is 7.82. The molecule has 2 aliphatic heterocycles. The third-order valence-corrected chi connectivity index (χ3v) is 5.83. The van der Waals surface area contributed by atoms with E-state index in [4.69, 9.17) is 0 Å². The largest absolute Gasteiger partial charge is 0.353 e. The lowest BCUT2D eigenvalue weighted by Gasteiger charge is -2.35. The van der Waals surface area contributed by atoms with Gasteiger partial charge in [0.2, 0.25) is 5.91 Å². The molecule has 8 nitrogen and oxygen atoms in total. The number of hydrogen-bond donors (Lipinski definition) is 1. The minimum Gasteiger partial charge on any atom is -0.353 e. The molecule has 4 rings (SSSR count). The molecular weight excluding hydrogens is 394 g/mol. The zero-order valence-electron chi connectivity index (χ0n) is 17.4. The number of aromatic nitrogens is 1. The van der Waals surface area contributed by atoms with Gasteiger partial charge in [0.1, 0.15) is 11.9 Å². The van der Waals surface area contributed by atoms with E-state index in [2.05, 4.69) is 15.2 Å². The van der Waals surface area contributed by atoms with Crippen LogP contribution in [0.1, 0.15) is 18.4 Å². The van der Waals surface area contributed by atoms with Gasteiger partial charge in [-0.25, -0.2) is 9.78 Å². The Bertz CT molecular complexity index is 913. The van der Waals surface area contributed by atoms with Crippen LogP contribution in [0.5, 0.6) is 0 Å². The van der Waals surface area contributed by atoms with Crippen LogP contribution in [0.15, 0.2) is 54.7 Å². The Morgan fingerprint density at radius 3 is 2.45 bits per heavy atom. The van der Waals surface area contributed by atoms with Crippen LogP contribution in [0.4, 0.5) is 10.6 Å². The van der Waals surface area contributed by atoms with Gasteiger partial charge in [-0.15, -0.1) is 0 Å². The van der Waals surface area contributed by atoms with Gasteiger partial charge in [-0.2, -0.15) is 0 Å². The standard InChI is InChI=1S/C23H27N5O3/c29-21(27-16-14-26(15-17-27)20-8-4-5-12-24-20)10-9-19-22(30)28(23(31)25-19)13-11-18-6-2-1-3-7-18/h1-8,12,19H,9-11,13-17H2,(H,25,31)/t19-/m1/s1. The Balaban J connectivity index is 1.22. The van der Waals surface area contributed by atoms with E-state index >= 15 is 0 Å². The summed E-state index contributed by atoms with van der Waals surface area (Å²) in [6.45, 7) is 3.06. The number of pyridine rings is 1. The Hall–Kier alpha value is -3.42. The van der Waals surface area contributed by atoms with Crippen molar-refractivity contribution in [3.63, 3.8) is 0 Å². The second-order valence-electron chi connectivity index (χ2n) is 7.82. The number of urea groups is 1. The van der Waals surface area contributed by atoms with Gasteiger partial charge in [0.05, 0.1) is 0 Å². The minimum absolute atomic E-state index is 0.0189. The fraction of sp³-hybridized carbons (Fsp3) is 0.391. The third kappa shape index (κ3) is 5.02. The first-order valence-corrected chi connectivity index (χ1v) is 10.7. The first-order valence-electron chi connectivity index (χ1n) is 10.7. The van der Waals surface area contributed by atoms with Crippen LogP contribution in [0, 0.1) is 0 Å². The van der Waals surface area contributed by atoms with E-state index in [9.17, 15) is 14.4 Å². The van der Waals surface area contributed by atoms with Crippen molar-refractivity contribution in [3.8, 4) is 0 Å². The molecule has 0 aliphatic carbocycles. The zero-order valence-corrected chi connectivity index (χ0v) is 17.4. The molecule has 1 aromatic carbocycles. The number of nitrogens with zero attached hydrogens (tertiary/aromatic N) is 4. The van der Waals surface area contributed by atoms with Gasteiger partial charge >= 0.3 is 6.03 Å². The Labute approximate surface area is 181 Å². The number of imide groups is 1.